The van der Waals surface area contributed by atoms with Gasteiger partial charge in [0.1, 0.15) is 11.6 Å². The van der Waals surface area contributed by atoms with Gasteiger partial charge in [0.25, 0.3) is 0 Å². The first-order chi connectivity index (χ1) is 8.75. The molecule has 2 rings (SSSR count). The van der Waals surface area contributed by atoms with Crippen LogP contribution < -0.4 is 4.74 Å². The molecule has 4 heteroatoms. The lowest BCUT2D eigenvalue weighted by Crippen LogP contribution is -2.00. The van der Waals surface area contributed by atoms with Crippen LogP contribution in [0.2, 0.25) is 5.02 Å². The third kappa shape index (κ3) is 3.93. The smallest absolute Gasteiger partial charge is 0.145 e. The molecule has 0 radical (unpaired) electrons. The van der Waals surface area contributed by atoms with Gasteiger partial charge < -0.3 is 4.74 Å². The molecule has 0 saturated carbocycles. The van der Waals surface area contributed by atoms with Crippen LogP contribution >= 0.6 is 23.4 Å². The first-order valence-electron chi connectivity index (χ1n) is 5.51. The highest BCUT2D eigenvalue weighted by Crippen LogP contribution is 2.21. The van der Waals surface area contributed by atoms with Crippen molar-refractivity contribution in [1.29, 1.82) is 0 Å². The topological polar surface area (TPSA) is 9.23 Å². The summed E-state index contributed by atoms with van der Waals surface area (Å²) in [5.74, 6) is 0.865. The Bertz CT molecular complexity index is 504. The molecule has 0 unspecified atom stereocenters. The van der Waals surface area contributed by atoms with Crippen LogP contribution in [0.25, 0.3) is 0 Å². The standard InChI is InChI=1S/C14H12ClFOS/c15-13-7-6-11(10-14(13)16)17-8-9-18-12-4-2-1-3-5-12/h1-7,10H,8-9H2. The minimum atomic E-state index is -0.454. The predicted molar refractivity (Wildman–Crippen MR) is 74.1 cm³/mol. The molecule has 0 N–H and O–H groups in total. The van der Waals surface area contributed by atoms with Gasteiger partial charge in [0.05, 0.1) is 11.6 Å². The second kappa shape index (κ2) is 6.66. The quantitative estimate of drug-likeness (QED) is 0.583. The summed E-state index contributed by atoms with van der Waals surface area (Å²) >= 11 is 7.29. The summed E-state index contributed by atoms with van der Waals surface area (Å²) in [4.78, 5) is 1.20. The van der Waals surface area contributed by atoms with Gasteiger partial charge in [-0.25, -0.2) is 4.39 Å². The highest BCUT2D eigenvalue weighted by molar-refractivity contribution is 7.99. The largest absolute Gasteiger partial charge is 0.493 e. The average Bonchev–Trinajstić information content (AvgIpc) is 2.40. The van der Waals surface area contributed by atoms with E-state index in [-0.39, 0.29) is 5.02 Å². The molecule has 18 heavy (non-hydrogen) atoms. The van der Waals surface area contributed by atoms with Crippen molar-refractivity contribution in [1.82, 2.24) is 0 Å². The van der Waals surface area contributed by atoms with Gasteiger partial charge in [-0.1, -0.05) is 29.8 Å². The Balaban J connectivity index is 1.77. The highest BCUT2D eigenvalue weighted by Gasteiger charge is 2.01. The molecular weight excluding hydrogens is 271 g/mol. The monoisotopic (exact) mass is 282 g/mol. The summed E-state index contributed by atoms with van der Waals surface area (Å²) in [7, 11) is 0. The van der Waals surface area contributed by atoms with Gasteiger partial charge in [-0.15, -0.1) is 11.8 Å². The number of thioether (sulfide) groups is 1. The number of rotatable bonds is 5. The van der Waals surface area contributed by atoms with Crippen LogP contribution in [-0.2, 0) is 0 Å². The van der Waals surface area contributed by atoms with Gasteiger partial charge in [0.2, 0.25) is 0 Å². The summed E-state index contributed by atoms with van der Waals surface area (Å²) in [5.41, 5.74) is 0. The van der Waals surface area contributed by atoms with E-state index in [2.05, 4.69) is 0 Å². The van der Waals surface area contributed by atoms with Gasteiger partial charge in [-0.3, -0.25) is 0 Å². The molecule has 0 spiro atoms. The van der Waals surface area contributed by atoms with E-state index in [4.69, 9.17) is 16.3 Å². The highest BCUT2D eigenvalue weighted by atomic mass is 35.5. The SMILES string of the molecule is Fc1cc(OCCSc2ccccc2)ccc1Cl. The zero-order valence-corrected chi connectivity index (χ0v) is 11.2. The molecule has 0 atom stereocenters. The molecule has 0 aliphatic heterocycles. The zero-order chi connectivity index (χ0) is 12.8. The van der Waals surface area contributed by atoms with Crippen LogP contribution in [-0.4, -0.2) is 12.4 Å². The van der Waals surface area contributed by atoms with Gasteiger partial charge in [-0.2, -0.15) is 0 Å². The van der Waals surface area contributed by atoms with Crippen LogP contribution in [0.1, 0.15) is 0 Å². The molecule has 0 heterocycles. The van der Waals surface area contributed by atoms with E-state index in [9.17, 15) is 4.39 Å². The molecule has 0 aliphatic rings. The Morgan fingerprint density at radius 3 is 2.61 bits per heavy atom. The number of hydrogen-bond donors (Lipinski definition) is 0. The lowest BCUT2D eigenvalue weighted by molar-refractivity contribution is 0.342. The Morgan fingerprint density at radius 1 is 1.11 bits per heavy atom. The van der Waals surface area contributed by atoms with Crippen LogP contribution in [0.15, 0.2) is 53.4 Å². The van der Waals surface area contributed by atoms with E-state index in [1.807, 2.05) is 30.3 Å². The van der Waals surface area contributed by atoms with Gasteiger partial charge in [0.15, 0.2) is 0 Å². The predicted octanol–water partition coefficient (Wildman–Crippen LogP) is 4.65. The molecule has 0 aliphatic carbocycles. The Morgan fingerprint density at radius 2 is 1.89 bits per heavy atom. The van der Waals surface area contributed by atoms with Crippen LogP contribution in [0.5, 0.6) is 5.75 Å². The molecule has 1 nitrogen and oxygen atoms in total. The fourth-order valence-corrected chi connectivity index (χ4v) is 2.27. The average molecular weight is 283 g/mol. The van der Waals surface area contributed by atoms with Crippen molar-refractivity contribution in [2.75, 3.05) is 12.4 Å². The zero-order valence-electron chi connectivity index (χ0n) is 9.61. The van der Waals surface area contributed by atoms with Crippen molar-refractivity contribution in [3.8, 4) is 5.75 Å². The van der Waals surface area contributed by atoms with Gasteiger partial charge in [-0.05, 0) is 24.3 Å². The van der Waals surface area contributed by atoms with Crippen LogP contribution in [0.3, 0.4) is 0 Å². The molecule has 0 fully saturated rings. The van der Waals surface area contributed by atoms with Crippen molar-refractivity contribution in [3.63, 3.8) is 0 Å². The number of hydrogen-bond acceptors (Lipinski definition) is 2. The van der Waals surface area contributed by atoms with Crippen molar-refractivity contribution in [2.24, 2.45) is 0 Å². The maximum Gasteiger partial charge on any atom is 0.145 e. The summed E-state index contributed by atoms with van der Waals surface area (Å²) < 4.78 is 18.6. The van der Waals surface area contributed by atoms with Gasteiger partial charge in [0, 0.05) is 16.7 Å². The number of ether oxygens (including phenoxy) is 1. The summed E-state index contributed by atoms with van der Waals surface area (Å²) in [5, 5.41) is 0.112. The summed E-state index contributed by atoms with van der Waals surface area (Å²) in [6.45, 7) is 0.528. The molecule has 94 valence electrons. The molecule has 0 saturated heterocycles. The van der Waals surface area contributed by atoms with E-state index in [1.165, 1.54) is 17.0 Å². The lowest BCUT2D eigenvalue weighted by atomic mass is 10.3. The molecule has 0 aromatic heterocycles. The van der Waals surface area contributed by atoms with Crippen molar-refractivity contribution >= 4 is 23.4 Å². The fourth-order valence-electron chi connectivity index (χ4n) is 1.40. The van der Waals surface area contributed by atoms with Crippen molar-refractivity contribution < 1.29 is 9.13 Å². The van der Waals surface area contributed by atoms with Gasteiger partial charge >= 0.3 is 0 Å². The fraction of sp³-hybridized carbons (Fsp3) is 0.143. The third-order valence-electron chi connectivity index (χ3n) is 2.26. The molecule has 0 amide bonds. The van der Waals surface area contributed by atoms with E-state index in [0.717, 1.165) is 5.75 Å². The third-order valence-corrected chi connectivity index (χ3v) is 3.54. The Labute approximate surface area is 115 Å². The maximum atomic E-state index is 13.1. The maximum absolute atomic E-state index is 13.1. The molecule has 2 aromatic carbocycles. The normalized spacial score (nSPS) is 10.3. The van der Waals surface area contributed by atoms with Crippen molar-refractivity contribution in [3.05, 3.63) is 59.4 Å². The minimum Gasteiger partial charge on any atom is -0.493 e. The minimum absolute atomic E-state index is 0.112. The van der Waals surface area contributed by atoms with E-state index in [0.29, 0.717) is 12.4 Å². The van der Waals surface area contributed by atoms with Crippen LogP contribution in [0.4, 0.5) is 4.39 Å². The van der Waals surface area contributed by atoms with E-state index < -0.39 is 5.82 Å². The second-order valence-electron chi connectivity index (χ2n) is 3.59. The summed E-state index contributed by atoms with van der Waals surface area (Å²) in [6.07, 6.45) is 0. The number of halogens is 2. The van der Waals surface area contributed by atoms with E-state index >= 15 is 0 Å². The first kappa shape index (κ1) is 13.2. The molecule has 2 aromatic rings. The van der Waals surface area contributed by atoms with Crippen molar-refractivity contribution in [2.45, 2.75) is 4.90 Å². The second-order valence-corrected chi connectivity index (χ2v) is 5.16. The molecular formula is C14H12ClFOS. The van der Waals surface area contributed by atoms with Crippen LogP contribution in [0, 0.1) is 5.82 Å². The summed E-state index contributed by atoms with van der Waals surface area (Å²) in [6, 6.07) is 14.5. The molecule has 0 bridgehead atoms. The Hall–Kier alpha value is -1.19. The number of benzene rings is 2. The first-order valence-corrected chi connectivity index (χ1v) is 6.88. The lowest BCUT2D eigenvalue weighted by Gasteiger charge is -2.06. The van der Waals surface area contributed by atoms with E-state index in [1.54, 1.807) is 17.8 Å². The Kier molecular flexibility index (Phi) is 4.90.